The first-order chi connectivity index (χ1) is 18.9. The molecule has 6 nitrogen and oxygen atoms in total. The van der Waals surface area contributed by atoms with Crippen molar-refractivity contribution >= 4 is 12.4 Å². The molecule has 0 saturated carbocycles. The average molecular weight is 523 g/mol. The molecule has 0 unspecified atom stereocenters. The number of esters is 1. The number of methoxy groups -OCH3 is 3. The lowest BCUT2D eigenvalue weighted by atomic mass is 9.66. The van der Waals surface area contributed by atoms with E-state index in [1.165, 1.54) is 14.2 Å². The summed E-state index contributed by atoms with van der Waals surface area (Å²) in [5.41, 5.74) is 8.76. The zero-order chi connectivity index (χ0) is 27.7. The zero-order valence-electron chi connectivity index (χ0n) is 22.7. The number of benzene rings is 4. The first kappa shape index (κ1) is 26.0. The van der Waals surface area contributed by atoms with Crippen LogP contribution < -0.4 is 9.47 Å². The van der Waals surface area contributed by atoms with Crippen LogP contribution in [0.2, 0.25) is 0 Å². The molecule has 0 aromatic heterocycles. The molecule has 6 heteroatoms. The summed E-state index contributed by atoms with van der Waals surface area (Å²) in [5, 5.41) is 0. The van der Waals surface area contributed by atoms with Gasteiger partial charge in [0.15, 0.2) is 0 Å². The van der Waals surface area contributed by atoms with Gasteiger partial charge in [-0.2, -0.15) is 0 Å². The largest absolute Gasteiger partial charge is 0.496 e. The molecule has 39 heavy (non-hydrogen) atoms. The van der Waals surface area contributed by atoms with Crippen LogP contribution in [-0.4, -0.2) is 33.8 Å². The van der Waals surface area contributed by atoms with Crippen LogP contribution in [-0.2, 0) is 26.3 Å². The number of fused-ring (bicyclic) bond motifs is 3. The summed E-state index contributed by atoms with van der Waals surface area (Å²) in [5.74, 6) is 0.570. The van der Waals surface area contributed by atoms with Gasteiger partial charge in [0.25, 0.3) is 6.47 Å². The van der Waals surface area contributed by atoms with Crippen molar-refractivity contribution in [2.75, 3.05) is 21.3 Å². The van der Waals surface area contributed by atoms with Crippen molar-refractivity contribution in [3.05, 3.63) is 117 Å². The van der Waals surface area contributed by atoms with Crippen LogP contribution in [0.3, 0.4) is 0 Å². The van der Waals surface area contributed by atoms with Gasteiger partial charge in [-0.3, -0.25) is 4.79 Å². The van der Waals surface area contributed by atoms with E-state index in [0.717, 1.165) is 50.1 Å². The second-order valence-corrected chi connectivity index (χ2v) is 9.69. The SMILES string of the molecule is COC(=O)c1cc(C2(c3ccc(OC)c(COC=O)c3)c3cc(C)ccc3-c3ccc(C)cc32)ccc1OC. The minimum atomic E-state index is -0.792. The highest BCUT2D eigenvalue weighted by Crippen LogP contribution is 2.57. The minimum Gasteiger partial charge on any atom is -0.496 e. The van der Waals surface area contributed by atoms with Gasteiger partial charge in [0.05, 0.1) is 26.7 Å². The maximum atomic E-state index is 12.9. The van der Waals surface area contributed by atoms with Crippen molar-refractivity contribution in [1.82, 2.24) is 0 Å². The maximum absolute atomic E-state index is 12.9. The molecule has 0 atom stereocenters. The van der Waals surface area contributed by atoms with Crippen molar-refractivity contribution in [3.63, 3.8) is 0 Å². The highest BCUT2D eigenvalue weighted by Gasteiger charge is 2.47. The number of carbonyl (C=O) groups excluding carboxylic acids is 2. The van der Waals surface area contributed by atoms with E-state index in [-0.39, 0.29) is 6.61 Å². The first-order valence-corrected chi connectivity index (χ1v) is 12.6. The van der Waals surface area contributed by atoms with Gasteiger partial charge < -0.3 is 18.9 Å². The molecule has 0 amide bonds. The molecule has 0 fully saturated rings. The summed E-state index contributed by atoms with van der Waals surface area (Å²) in [4.78, 5) is 24.0. The molecule has 1 aliphatic carbocycles. The Kier molecular flexibility index (Phi) is 6.87. The lowest BCUT2D eigenvalue weighted by Crippen LogP contribution is -2.29. The van der Waals surface area contributed by atoms with Crippen molar-refractivity contribution in [2.45, 2.75) is 25.9 Å². The van der Waals surface area contributed by atoms with Gasteiger partial charge in [-0.05, 0) is 71.5 Å². The standard InChI is InChI=1S/C33H30O6/c1-20-6-10-25-26-11-7-21(2)15-29(26)33(28(25)14-20,23-8-12-30(36-3)22(16-23)18-39-19-34)24-9-13-31(37-4)27(17-24)32(35)38-5/h6-17,19H,18H2,1-5H3. The second-order valence-electron chi connectivity index (χ2n) is 9.69. The van der Waals surface area contributed by atoms with Crippen LogP contribution in [0, 0.1) is 13.8 Å². The van der Waals surface area contributed by atoms with Crippen molar-refractivity contribution < 1.29 is 28.5 Å². The molecule has 0 saturated heterocycles. The van der Waals surface area contributed by atoms with Gasteiger partial charge in [-0.1, -0.05) is 59.7 Å². The van der Waals surface area contributed by atoms with Crippen molar-refractivity contribution in [3.8, 4) is 22.6 Å². The summed E-state index contributed by atoms with van der Waals surface area (Å²) in [6.45, 7) is 4.64. The number of carbonyl (C=O) groups is 2. The summed E-state index contributed by atoms with van der Waals surface area (Å²) in [6, 6.07) is 24.6. The van der Waals surface area contributed by atoms with Crippen LogP contribution in [0.5, 0.6) is 11.5 Å². The third kappa shape index (κ3) is 4.13. The topological polar surface area (TPSA) is 71.1 Å². The average Bonchev–Trinajstić information content (AvgIpc) is 3.24. The highest BCUT2D eigenvalue weighted by molar-refractivity contribution is 5.94. The molecule has 4 aromatic carbocycles. The minimum absolute atomic E-state index is 0.0635. The molecule has 1 aliphatic rings. The van der Waals surface area contributed by atoms with E-state index in [9.17, 15) is 9.59 Å². The Morgan fingerprint density at radius 3 is 1.85 bits per heavy atom. The smallest absolute Gasteiger partial charge is 0.341 e. The van der Waals surface area contributed by atoms with Gasteiger partial charge in [0.1, 0.15) is 23.7 Å². The number of hydrogen-bond donors (Lipinski definition) is 0. The fourth-order valence-corrected chi connectivity index (χ4v) is 5.80. The summed E-state index contributed by atoms with van der Waals surface area (Å²) < 4.78 is 21.4. The molecule has 0 spiro atoms. The quantitative estimate of drug-likeness (QED) is 0.180. The third-order valence-electron chi connectivity index (χ3n) is 7.51. The van der Waals surface area contributed by atoms with Crippen molar-refractivity contribution in [1.29, 1.82) is 0 Å². The molecule has 0 heterocycles. The fourth-order valence-electron chi connectivity index (χ4n) is 5.80. The van der Waals surface area contributed by atoms with E-state index in [4.69, 9.17) is 18.9 Å². The third-order valence-corrected chi connectivity index (χ3v) is 7.51. The summed E-state index contributed by atoms with van der Waals surface area (Å²) in [6.07, 6.45) is 0. The monoisotopic (exact) mass is 522 g/mol. The molecule has 0 radical (unpaired) electrons. The lowest BCUT2D eigenvalue weighted by molar-refractivity contribution is -0.129. The van der Waals surface area contributed by atoms with Gasteiger partial charge in [-0.25, -0.2) is 4.79 Å². The van der Waals surface area contributed by atoms with Gasteiger partial charge in [-0.15, -0.1) is 0 Å². The van der Waals surface area contributed by atoms with Crippen LogP contribution in [0.15, 0.2) is 72.8 Å². The van der Waals surface area contributed by atoms with E-state index in [1.54, 1.807) is 7.11 Å². The Morgan fingerprint density at radius 1 is 0.744 bits per heavy atom. The van der Waals surface area contributed by atoms with Crippen LogP contribution in [0.25, 0.3) is 11.1 Å². The molecule has 5 rings (SSSR count). The Labute approximate surface area is 228 Å². The molecule has 198 valence electrons. The molecular formula is C33H30O6. The molecule has 0 bridgehead atoms. The fraction of sp³-hybridized carbons (Fsp3) is 0.212. The van der Waals surface area contributed by atoms with E-state index >= 15 is 0 Å². The predicted octanol–water partition coefficient (Wildman–Crippen LogP) is 6.14. The zero-order valence-corrected chi connectivity index (χ0v) is 22.7. The van der Waals surface area contributed by atoms with Crippen LogP contribution >= 0.6 is 0 Å². The maximum Gasteiger partial charge on any atom is 0.341 e. The normalized spacial score (nSPS) is 12.7. The Balaban J connectivity index is 1.94. The summed E-state index contributed by atoms with van der Waals surface area (Å²) >= 11 is 0. The van der Waals surface area contributed by atoms with Crippen LogP contribution in [0.4, 0.5) is 0 Å². The first-order valence-electron chi connectivity index (χ1n) is 12.6. The molecule has 4 aromatic rings. The van der Waals surface area contributed by atoms with Gasteiger partial charge in [0, 0.05) is 5.56 Å². The molecule has 0 aliphatic heterocycles. The Hall–Kier alpha value is -4.58. The van der Waals surface area contributed by atoms with E-state index in [2.05, 4.69) is 50.2 Å². The number of hydrogen-bond acceptors (Lipinski definition) is 6. The van der Waals surface area contributed by atoms with Crippen molar-refractivity contribution in [2.24, 2.45) is 0 Å². The predicted molar refractivity (Wildman–Crippen MR) is 149 cm³/mol. The Morgan fingerprint density at radius 2 is 1.31 bits per heavy atom. The summed E-state index contributed by atoms with van der Waals surface area (Å²) in [7, 11) is 4.49. The van der Waals surface area contributed by atoms with E-state index in [0.29, 0.717) is 23.5 Å². The second kappa shape index (κ2) is 10.3. The lowest BCUT2D eigenvalue weighted by Gasteiger charge is -2.35. The molecule has 0 N–H and O–H groups in total. The highest BCUT2D eigenvalue weighted by atomic mass is 16.5. The van der Waals surface area contributed by atoms with E-state index < -0.39 is 11.4 Å². The molecular weight excluding hydrogens is 492 g/mol. The van der Waals surface area contributed by atoms with Gasteiger partial charge >= 0.3 is 5.97 Å². The number of rotatable bonds is 8. The van der Waals surface area contributed by atoms with E-state index in [1.807, 2.05) is 36.4 Å². The van der Waals surface area contributed by atoms with Crippen LogP contribution in [0.1, 0.15) is 49.3 Å². The Bertz CT molecular complexity index is 1530. The number of ether oxygens (including phenoxy) is 4. The number of aryl methyl sites for hydroxylation is 2. The van der Waals surface area contributed by atoms with Gasteiger partial charge in [0.2, 0.25) is 0 Å².